The summed E-state index contributed by atoms with van der Waals surface area (Å²) in [5.41, 5.74) is 2.91. The van der Waals surface area contributed by atoms with Gasteiger partial charge < -0.3 is 24.9 Å². The summed E-state index contributed by atoms with van der Waals surface area (Å²) >= 11 is 0. The molecule has 0 radical (unpaired) electrons. The topological polar surface area (TPSA) is 85.6 Å². The highest BCUT2D eigenvalue weighted by Gasteiger charge is 2.22. The lowest BCUT2D eigenvalue weighted by molar-refractivity contribution is 0.0390. The van der Waals surface area contributed by atoms with Crippen LogP contribution < -0.4 is 4.90 Å². The largest absolute Gasteiger partial charge is 0.465 e. The molecule has 2 N–H and O–H groups in total. The van der Waals surface area contributed by atoms with Crippen LogP contribution >= 0.6 is 0 Å². The Bertz CT molecular complexity index is 565. The number of benzene rings is 1. The van der Waals surface area contributed by atoms with Gasteiger partial charge in [0, 0.05) is 38.3 Å². The monoisotopic (exact) mass is 305 g/mol. The molecule has 0 aliphatic carbocycles. The van der Waals surface area contributed by atoms with E-state index in [1.54, 1.807) is 0 Å². The van der Waals surface area contributed by atoms with Gasteiger partial charge in [-0.05, 0) is 17.7 Å². The molecule has 1 unspecified atom stereocenters. The molecule has 7 nitrogen and oxygen atoms in total. The van der Waals surface area contributed by atoms with Crippen molar-refractivity contribution in [3.05, 3.63) is 29.8 Å². The molecule has 2 aliphatic heterocycles. The maximum absolute atomic E-state index is 10.9. The Morgan fingerprint density at radius 2 is 1.91 bits per heavy atom. The highest BCUT2D eigenvalue weighted by Crippen LogP contribution is 2.21. The lowest BCUT2D eigenvalue weighted by Gasteiger charge is -2.34. The molecule has 1 atom stereocenters. The van der Waals surface area contributed by atoms with Crippen molar-refractivity contribution >= 4 is 17.5 Å². The van der Waals surface area contributed by atoms with Gasteiger partial charge in [0.05, 0.1) is 12.3 Å². The number of hydrogen-bond donors (Lipinski definition) is 2. The van der Waals surface area contributed by atoms with Crippen molar-refractivity contribution in [2.45, 2.75) is 12.5 Å². The molecule has 1 amide bonds. The molecule has 1 saturated heterocycles. The van der Waals surface area contributed by atoms with E-state index in [-0.39, 0.29) is 12.7 Å². The number of aliphatic hydroxyl groups is 1. The van der Waals surface area contributed by atoms with E-state index in [4.69, 9.17) is 15.1 Å². The molecule has 2 heterocycles. The molecule has 1 aromatic rings. The van der Waals surface area contributed by atoms with Crippen molar-refractivity contribution in [3.8, 4) is 0 Å². The van der Waals surface area contributed by atoms with Crippen molar-refractivity contribution in [3.63, 3.8) is 0 Å². The molecule has 3 rings (SSSR count). The molecule has 0 aromatic heterocycles. The van der Waals surface area contributed by atoms with Crippen LogP contribution in [0.3, 0.4) is 0 Å². The van der Waals surface area contributed by atoms with Gasteiger partial charge in [-0.25, -0.2) is 4.79 Å². The summed E-state index contributed by atoms with van der Waals surface area (Å²) in [5.74, 6) is 0. The number of anilines is 1. The maximum Gasteiger partial charge on any atom is 0.407 e. The molecule has 1 fully saturated rings. The molecular weight excluding hydrogens is 286 g/mol. The number of rotatable bonds is 3. The van der Waals surface area contributed by atoms with Crippen molar-refractivity contribution < 1.29 is 19.8 Å². The van der Waals surface area contributed by atoms with Crippen LogP contribution in [0.2, 0.25) is 0 Å². The van der Waals surface area contributed by atoms with E-state index >= 15 is 0 Å². The van der Waals surface area contributed by atoms with E-state index in [2.05, 4.69) is 10.1 Å². The second-order valence-electron chi connectivity index (χ2n) is 5.46. The number of piperazine rings is 1. The first kappa shape index (κ1) is 14.6. The van der Waals surface area contributed by atoms with Crippen LogP contribution in [-0.2, 0) is 4.84 Å². The fourth-order valence-electron chi connectivity index (χ4n) is 2.72. The number of oxime groups is 1. The van der Waals surface area contributed by atoms with Gasteiger partial charge in [0.2, 0.25) is 0 Å². The third-order valence-electron chi connectivity index (χ3n) is 4.05. The van der Waals surface area contributed by atoms with Crippen molar-refractivity contribution in [2.24, 2.45) is 5.16 Å². The Balaban J connectivity index is 1.62. The zero-order chi connectivity index (χ0) is 15.5. The predicted octanol–water partition coefficient (Wildman–Crippen LogP) is 0.972. The lowest BCUT2D eigenvalue weighted by Crippen LogP contribution is -2.48. The first-order valence-corrected chi connectivity index (χ1v) is 7.34. The molecule has 0 saturated carbocycles. The minimum atomic E-state index is -0.854. The number of carboxylic acid groups (broad SMARTS) is 1. The molecule has 22 heavy (non-hydrogen) atoms. The van der Waals surface area contributed by atoms with Gasteiger partial charge in [-0.2, -0.15) is 0 Å². The van der Waals surface area contributed by atoms with Gasteiger partial charge in [0.15, 0.2) is 6.10 Å². The smallest absolute Gasteiger partial charge is 0.407 e. The Kier molecular flexibility index (Phi) is 4.15. The number of aliphatic hydroxyl groups excluding tert-OH is 1. The third-order valence-corrected chi connectivity index (χ3v) is 4.05. The van der Waals surface area contributed by atoms with Crippen molar-refractivity contribution in [2.75, 3.05) is 37.7 Å². The quantitative estimate of drug-likeness (QED) is 0.869. The van der Waals surface area contributed by atoms with Crippen LogP contribution in [0.1, 0.15) is 12.0 Å². The Hall–Kier alpha value is -2.28. The summed E-state index contributed by atoms with van der Waals surface area (Å²) in [6.07, 6.45) is -0.473. The minimum absolute atomic E-state index is 0.0288. The van der Waals surface area contributed by atoms with Gasteiger partial charge in [-0.3, -0.25) is 0 Å². The summed E-state index contributed by atoms with van der Waals surface area (Å²) in [7, 11) is 0. The van der Waals surface area contributed by atoms with E-state index in [1.807, 2.05) is 24.3 Å². The fraction of sp³-hybridized carbons (Fsp3) is 0.467. The van der Waals surface area contributed by atoms with Gasteiger partial charge >= 0.3 is 6.09 Å². The molecule has 0 spiro atoms. The van der Waals surface area contributed by atoms with E-state index < -0.39 is 6.09 Å². The minimum Gasteiger partial charge on any atom is -0.465 e. The lowest BCUT2D eigenvalue weighted by atomic mass is 10.0. The van der Waals surface area contributed by atoms with E-state index in [0.29, 0.717) is 32.6 Å². The van der Waals surface area contributed by atoms with Crippen molar-refractivity contribution in [1.29, 1.82) is 0 Å². The molecule has 1 aromatic carbocycles. The maximum atomic E-state index is 10.9. The summed E-state index contributed by atoms with van der Waals surface area (Å²) in [5, 5.41) is 22.0. The fourth-order valence-corrected chi connectivity index (χ4v) is 2.72. The SMILES string of the molecule is O=C(O)N1CCN(c2ccc(C3=NOC(CO)C3)cc2)CC1. The van der Waals surface area contributed by atoms with E-state index in [0.717, 1.165) is 17.0 Å². The van der Waals surface area contributed by atoms with Crippen molar-refractivity contribution in [1.82, 2.24) is 4.90 Å². The van der Waals surface area contributed by atoms with E-state index in [9.17, 15) is 4.79 Å². The Morgan fingerprint density at radius 3 is 2.45 bits per heavy atom. The second kappa shape index (κ2) is 6.23. The van der Waals surface area contributed by atoms with Crippen LogP contribution in [0.15, 0.2) is 29.4 Å². The average molecular weight is 305 g/mol. The standard InChI is InChI=1S/C15H19N3O4/c19-10-13-9-14(16-22-13)11-1-3-12(4-2-11)17-5-7-18(8-6-17)15(20)21/h1-4,13,19H,5-10H2,(H,20,21). The number of nitrogens with zero attached hydrogens (tertiary/aromatic N) is 3. The van der Waals surface area contributed by atoms with E-state index in [1.165, 1.54) is 4.90 Å². The summed E-state index contributed by atoms with van der Waals surface area (Å²) in [6.45, 7) is 2.41. The first-order chi connectivity index (χ1) is 10.7. The summed E-state index contributed by atoms with van der Waals surface area (Å²) in [4.78, 5) is 19.6. The first-order valence-electron chi connectivity index (χ1n) is 7.34. The number of carbonyl (C=O) groups is 1. The van der Waals surface area contributed by atoms with Gasteiger partial charge in [-0.15, -0.1) is 0 Å². The third kappa shape index (κ3) is 2.99. The molecular formula is C15H19N3O4. The van der Waals surface area contributed by atoms with Gasteiger partial charge in [0.25, 0.3) is 0 Å². The normalized spacial score (nSPS) is 21.5. The average Bonchev–Trinajstić information content (AvgIpc) is 3.04. The second-order valence-corrected chi connectivity index (χ2v) is 5.46. The number of amides is 1. The van der Waals surface area contributed by atoms with Crippen LogP contribution in [-0.4, -0.2) is 65.8 Å². The molecule has 2 aliphatic rings. The van der Waals surface area contributed by atoms with Gasteiger partial charge in [0.1, 0.15) is 0 Å². The Morgan fingerprint density at radius 1 is 1.23 bits per heavy atom. The van der Waals surface area contributed by atoms with Gasteiger partial charge in [-0.1, -0.05) is 17.3 Å². The van der Waals surface area contributed by atoms with Crippen LogP contribution in [0.25, 0.3) is 0 Å². The molecule has 0 bridgehead atoms. The predicted molar refractivity (Wildman–Crippen MR) is 81.4 cm³/mol. The van der Waals surface area contributed by atoms with Crippen LogP contribution in [0, 0.1) is 0 Å². The molecule has 7 heteroatoms. The molecule has 118 valence electrons. The highest BCUT2D eigenvalue weighted by molar-refractivity contribution is 6.01. The zero-order valence-corrected chi connectivity index (χ0v) is 12.2. The number of hydrogen-bond acceptors (Lipinski definition) is 5. The summed E-state index contributed by atoms with van der Waals surface area (Å²) in [6, 6.07) is 8.00. The van der Waals surface area contributed by atoms with Crippen LogP contribution in [0.5, 0.6) is 0 Å². The highest BCUT2D eigenvalue weighted by atomic mass is 16.6. The summed E-state index contributed by atoms with van der Waals surface area (Å²) < 4.78 is 0. The zero-order valence-electron chi connectivity index (χ0n) is 12.2. The van der Waals surface area contributed by atoms with Crippen LogP contribution in [0.4, 0.5) is 10.5 Å². The Labute approximate surface area is 128 Å².